The van der Waals surface area contributed by atoms with Gasteiger partial charge in [-0.1, -0.05) is 6.07 Å². The van der Waals surface area contributed by atoms with Gasteiger partial charge in [0.05, 0.1) is 0 Å². The number of nitrogens with one attached hydrogen (secondary N) is 1. The van der Waals surface area contributed by atoms with Crippen LogP contribution >= 0.6 is 27.7 Å². The topological polar surface area (TPSA) is 21.3 Å². The van der Waals surface area contributed by atoms with Gasteiger partial charge in [0.2, 0.25) is 0 Å². The number of thioether (sulfide) groups is 1. The van der Waals surface area contributed by atoms with E-state index in [1.807, 2.05) is 11.8 Å². The maximum atomic E-state index is 5.41. The predicted octanol–water partition coefficient (Wildman–Crippen LogP) is 3.97. The van der Waals surface area contributed by atoms with Crippen molar-refractivity contribution >= 4 is 27.7 Å². The van der Waals surface area contributed by atoms with Gasteiger partial charge in [-0.25, -0.2) is 0 Å². The molecule has 2 fully saturated rings. The first-order valence-electron chi connectivity index (χ1n) is 7.07. The van der Waals surface area contributed by atoms with Crippen molar-refractivity contribution in [3.8, 4) is 0 Å². The van der Waals surface area contributed by atoms with Gasteiger partial charge in [0.15, 0.2) is 0 Å². The molecule has 1 aromatic rings. The van der Waals surface area contributed by atoms with Crippen molar-refractivity contribution in [3.63, 3.8) is 0 Å². The number of rotatable bonds is 5. The van der Waals surface area contributed by atoms with Gasteiger partial charge in [0, 0.05) is 40.4 Å². The van der Waals surface area contributed by atoms with Gasteiger partial charge in [-0.15, -0.1) is 11.8 Å². The van der Waals surface area contributed by atoms with Crippen molar-refractivity contribution < 1.29 is 4.74 Å². The molecule has 3 rings (SSSR count). The van der Waals surface area contributed by atoms with Crippen LogP contribution in [0, 0.1) is 0 Å². The maximum absolute atomic E-state index is 5.41. The second-order valence-electron chi connectivity index (χ2n) is 5.35. The first-order chi connectivity index (χ1) is 9.31. The summed E-state index contributed by atoms with van der Waals surface area (Å²) in [6, 6.07) is 7.54. The molecule has 1 N–H and O–H groups in total. The average Bonchev–Trinajstić information content (AvgIpc) is 3.25. The largest absolute Gasteiger partial charge is 0.381 e. The van der Waals surface area contributed by atoms with Crippen molar-refractivity contribution in [3.05, 3.63) is 28.2 Å². The molecule has 0 aromatic heterocycles. The highest BCUT2D eigenvalue weighted by Crippen LogP contribution is 2.35. The van der Waals surface area contributed by atoms with Crippen LogP contribution in [0.3, 0.4) is 0 Å². The summed E-state index contributed by atoms with van der Waals surface area (Å²) < 4.78 is 6.65. The third kappa shape index (κ3) is 4.22. The fraction of sp³-hybridized carbons (Fsp3) is 0.600. The van der Waals surface area contributed by atoms with Crippen LogP contribution in [0.1, 0.15) is 31.2 Å². The summed E-state index contributed by atoms with van der Waals surface area (Å²) in [5.74, 6) is 0. The van der Waals surface area contributed by atoms with Crippen molar-refractivity contribution in [2.75, 3.05) is 13.2 Å². The van der Waals surface area contributed by atoms with Crippen molar-refractivity contribution in [1.29, 1.82) is 0 Å². The Morgan fingerprint density at radius 3 is 2.68 bits per heavy atom. The normalized spacial score (nSPS) is 20.7. The van der Waals surface area contributed by atoms with Crippen LogP contribution in [0.25, 0.3) is 0 Å². The maximum Gasteiger partial charge on any atom is 0.0476 e. The van der Waals surface area contributed by atoms with Crippen molar-refractivity contribution in [1.82, 2.24) is 5.32 Å². The molecule has 0 radical (unpaired) electrons. The minimum Gasteiger partial charge on any atom is -0.381 e. The molecule has 1 aromatic carbocycles. The highest BCUT2D eigenvalue weighted by atomic mass is 79.9. The van der Waals surface area contributed by atoms with Gasteiger partial charge in [-0.05, 0) is 59.3 Å². The summed E-state index contributed by atoms with van der Waals surface area (Å²) in [7, 11) is 0. The molecule has 0 unspecified atom stereocenters. The number of benzene rings is 1. The van der Waals surface area contributed by atoms with Crippen molar-refractivity contribution in [2.24, 2.45) is 0 Å². The van der Waals surface area contributed by atoms with Crippen molar-refractivity contribution in [2.45, 2.75) is 48.4 Å². The van der Waals surface area contributed by atoms with Crippen LogP contribution in [-0.4, -0.2) is 24.5 Å². The molecule has 1 saturated carbocycles. The Balaban J connectivity index is 1.58. The van der Waals surface area contributed by atoms with E-state index in [1.165, 1.54) is 40.6 Å². The summed E-state index contributed by atoms with van der Waals surface area (Å²) in [5, 5.41) is 4.27. The average molecular weight is 342 g/mol. The number of hydrogen-bond donors (Lipinski definition) is 1. The monoisotopic (exact) mass is 341 g/mol. The summed E-state index contributed by atoms with van der Waals surface area (Å²) >= 11 is 5.71. The lowest BCUT2D eigenvalue weighted by Gasteiger charge is -2.22. The lowest BCUT2D eigenvalue weighted by atomic mass is 10.2. The fourth-order valence-corrected chi connectivity index (χ4v) is 4.08. The highest BCUT2D eigenvalue weighted by molar-refractivity contribution is 9.10. The van der Waals surface area contributed by atoms with E-state index in [-0.39, 0.29) is 0 Å². The number of halogens is 1. The second kappa shape index (κ2) is 6.61. The lowest BCUT2D eigenvalue weighted by molar-refractivity contribution is 0.100. The number of hydrogen-bond acceptors (Lipinski definition) is 3. The fourth-order valence-electron chi connectivity index (χ4n) is 2.27. The third-order valence-electron chi connectivity index (χ3n) is 3.63. The molecule has 4 heteroatoms. The molecule has 19 heavy (non-hydrogen) atoms. The molecule has 1 aliphatic heterocycles. The van der Waals surface area contributed by atoms with E-state index < -0.39 is 0 Å². The molecule has 2 aliphatic rings. The van der Waals surface area contributed by atoms with Gasteiger partial charge in [-0.2, -0.15) is 0 Å². The van der Waals surface area contributed by atoms with Gasteiger partial charge in [0.1, 0.15) is 0 Å². The molecular formula is C15H20BrNOS. The molecule has 0 amide bonds. The molecule has 1 saturated heterocycles. The van der Waals surface area contributed by atoms with E-state index in [1.54, 1.807) is 0 Å². The first kappa shape index (κ1) is 13.9. The Bertz CT molecular complexity index is 430. The molecule has 0 spiro atoms. The minimum atomic E-state index is 0.709. The zero-order chi connectivity index (χ0) is 13.1. The van der Waals surface area contributed by atoms with E-state index in [9.17, 15) is 0 Å². The van der Waals surface area contributed by atoms with Crippen LogP contribution < -0.4 is 5.32 Å². The van der Waals surface area contributed by atoms with E-state index in [4.69, 9.17) is 4.74 Å². The smallest absolute Gasteiger partial charge is 0.0476 e. The Morgan fingerprint density at radius 1 is 1.21 bits per heavy atom. The third-order valence-corrected chi connectivity index (χ3v) is 5.96. The standard InChI is InChI=1S/C15H20BrNOS/c16-14-9-11(10-17-12-2-3-12)1-4-15(14)19-13-5-7-18-8-6-13/h1,4,9,12-13,17H,2-3,5-8,10H2. The van der Waals surface area contributed by atoms with Gasteiger partial charge < -0.3 is 10.1 Å². The van der Waals surface area contributed by atoms with Gasteiger partial charge in [-0.3, -0.25) is 0 Å². The van der Waals surface area contributed by atoms with E-state index >= 15 is 0 Å². The van der Waals surface area contributed by atoms with E-state index in [0.29, 0.717) is 5.25 Å². The summed E-state index contributed by atoms with van der Waals surface area (Å²) in [6.45, 7) is 2.82. The minimum absolute atomic E-state index is 0.709. The Labute approximate surface area is 127 Å². The van der Waals surface area contributed by atoms with Crippen LogP contribution in [0.2, 0.25) is 0 Å². The molecule has 0 atom stereocenters. The Morgan fingerprint density at radius 2 is 2.00 bits per heavy atom. The summed E-state index contributed by atoms with van der Waals surface area (Å²) in [5.41, 5.74) is 1.37. The van der Waals surface area contributed by atoms with E-state index in [0.717, 1.165) is 25.8 Å². The molecule has 2 nitrogen and oxygen atoms in total. The molecule has 1 heterocycles. The predicted molar refractivity (Wildman–Crippen MR) is 83.7 cm³/mol. The van der Waals surface area contributed by atoms with Crippen LogP contribution in [0.5, 0.6) is 0 Å². The SMILES string of the molecule is Brc1cc(CNC2CC2)ccc1SC1CCOCC1. The summed E-state index contributed by atoms with van der Waals surface area (Å²) in [4.78, 5) is 1.36. The van der Waals surface area contributed by atoms with Gasteiger partial charge >= 0.3 is 0 Å². The van der Waals surface area contributed by atoms with Crippen LogP contribution in [-0.2, 0) is 11.3 Å². The number of ether oxygens (including phenoxy) is 1. The lowest BCUT2D eigenvalue weighted by Crippen LogP contribution is -2.17. The quantitative estimate of drug-likeness (QED) is 0.875. The molecule has 0 bridgehead atoms. The van der Waals surface area contributed by atoms with Gasteiger partial charge in [0.25, 0.3) is 0 Å². The second-order valence-corrected chi connectivity index (χ2v) is 7.55. The highest BCUT2D eigenvalue weighted by Gasteiger charge is 2.20. The molecule has 104 valence electrons. The van der Waals surface area contributed by atoms with E-state index in [2.05, 4.69) is 39.4 Å². The Hall–Kier alpha value is -0.0300. The van der Waals surface area contributed by atoms with Crippen LogP contribution in [0.4, 0.5) is 0 Å². The molecular weight excluding hydrogens is 322 g/mol. The zero-order valence-electron chi connectivity index (χ0n) is 11.0. The van der Waals surface area contributed by atoms with Crippen LogP contribution in [0.15, 0.2) is 27.6 Å². The molecule has 1 aliphatic carbocycles. The summed E-state index contributed by atoms with van der Waals surface area (Å²) in [6.07, 6.45) is 5.03. The first-order valence-corrected chi connectivity index (χ1v) is 8.75. The zero-order valence-corrected chi connectivity index (χ0v) is 13.4. The Kier molecular flexibility index (Phi) is 4.85.